The number of pyridine rings is 1. The van der Waals surface area contributed by atoms with E-state index in [1.54, 1.807) is 24.4 Å². The molecule has 1 aromatic heterocycles. The summed E-state index contributed by atoms with van der Waals surface area (Å²) in [5.74, 6) is -2.03. The molecule has 1 rings (SSSR count). The minimum absolute atomic E-state index is 0. The molecule has 1 aromatic rings. The van der Waals surface area contributed by atoms with Crippen LogP contribution in [0.4, 0.5) is 0 Å². The Hall–Kier alpha value is -1.71. The Morgan fingerprint density at radius 3 is 1.68 bits per heavy atom. The molecular formula is C12H15BNNaO7. The van der Waals surface area contributed by atoms with Gasteiger partial charge in [0.05, 0.1) is 0 Å². The molecule has 0 N–H and O–H groups in total. The number of aldehydes is 1. The Bertz CT molecular complexity index is 459. The fourth-order valence-corrected chi connectivity index (χ4v) is 1.03. The van der Waals surface area contributed by atoms with Crippen LogP contribution in [-0.2, 0) is 28.3 Å². The van der Waals surface area contributed by atoms with Crippen molar-refractivity contribution in [1.82, 2.24) is 4.98 Å². The topological polar surface area (TPSA) is 109 Å². The summed E-state index contributed by atoms with van der Waals surface area (Å²) in [5.41, 5.74) is 0.479. The normalized spacial score (nSPS) is 8.55. The molecule has 0 aliphatic carbocycles. The van der Waals surface area contributed by atoms with Gasteiger partial charge in [-0.15, -0.1) is 0 Å². The van der Waals surface area contributed by atoms with Gasteiger partial charge in [0.15, 0.2) is 6.29 Å². The molecule has 0 spiro atoms. The van der Waals surface area contributed by atoms with Gasteiger partial charge in [-0.3, -0.25) is 24.2 Å². The summed E-state index contributed by atoms with van der Waals surface area (Å²) in [4.78, 5) is 45.0. The molecule has 0 saturated heterocycles. The molecule has 0 radical (unpaired) electrons. The summed E-state index contributed by atoms with van der Waals surface area (Å²) in [6.45, 7) is 3.35. The van der Waals surface area contributed by atoms with Crippen molar-refractivity contribution >= 4 is 31.5 Å². The average Bonchev–Trinajstić information content (AvgIpc) is 2.38. The van der Waals surface area contributed by atoms with Crippen LogP contribution in [0.15, 0.2) is 24.4 Å². The second kappa shape index (κ2) is 13.0. The Morgan fingerprint density at radius 2 is 1.45 bits per heavy atom. The Morgan fingerprint density at radius 1 is 1.00 bits per heavy atom. The molecule has 10 heteroatoms. The van der Waals surface area contributed by atoms with E-state index >= 15 is 0 Å². The van der Waals surface area contributed by atoms with Crippen LogP contribution in [0.3, 0.4) is 0 Å². The second-order valence-electron chi connectivity index (χ2n) is 3.63. The zero-order valence-corrected chi connectivity index (χ0v) is 14.9. The standard InChI is InChI=1S/C6H10BO6.C6H5NO.Na/c1-4(8)11-7(12-5(2)9)13-6(3)10;8-5-6-3-1-2-4-7-6;/h7H,1-3H3;1-5H;/q-1;;+1. The maximum atomic E-state index is 10.4. The van der Waals surface area contributed by atoms with Crippen molar-refractivity contribution in [1.29, 1.82) is 0 Å². The third-order valence-electron chi connectivity index (χ3n) is 1.77. The van der Waals surface area contributed by atoms with Gasteiger partial charge < -0.3 is 14.0 Å². The molecule has 8 nitrogen and oxygen atoms in total. The molecule has 1 heterocycles. The maximum Gasteiger partial charge on any atom is 1.00 e. The smallest absolute Gasteiger partial charge is 0.625 e. The van der Waals surface area contributed by atoms with Crippen LogP contribution in [0.25, 0.3) is 0 Å². The van der Waals surface area contributed by atoms with E-state index in [9.17, 15) is 19.2 Å². The molecule has 0 bridgehead atoms. The minimum atomic E-state index is -2.41. The fraction of sp³-hybridized carbons (Fsp3) is 0.250. The first-order chi connectivity index (χ1) is 9.85. The molecule has 22 heavy (non-hydrogen) atoms. The first-order valence-electron chi connectivity index (χ1n) is 5.89. The van der Waals surface area contributed by atoms with Crippen LogP contribution < -0.4 is 29.6 Å². The first-order valence-corrected chi connectivity index (χ1v) is 5.89. The van der Waals surface area contributed by atoms with Gasteiger partial charge in [-0.1, -0.05) is 6.07 Å². The summed E-state index contributed by atoms with van der Waals surface area (Å²) >= 11 is 0. The van der Waals surface area contributed by atoms with Crippen LogP contribution in [-0.4, -0.2) is 36.5 Å². The van der Waals surface area contributed by atoms with E-state index in [2.05, 4.69) is 18.9 Å². The van der Waals surface area contributed by atoms with Crippen molar-refractivity contribution in [3.05, 3.63) is 30.1 Å². The fourth-order valence-electron chi connectivity index (χ4n) is 1.03. The molecular weight excluding hydrogens is 304 g/mol. The van der Waals surface area contributed by atoms with Crippen LogP contribution >= 0.6 is 0 Å². The summed E-state index contributed by atoms with van der Waals surface area (Å²) in [5, 5.41) is 0. The van der Waals surface area contributed by atoms with E-state index in [1.165, 1.54) is 0 Å². The molecule has 0 unspecified atom stereocenters. The zero-order chi connectivity index (χ0) is 16.3. The van der Waals surface area contributed by atoms with Crippen molar-refractivity contribution < 1.29 is 62.7 Å². The molecule has 0 fully saturated rings. The molecule has 0 aromatic carbocycles. The summed E-state index contributed by atoms with van der Waals surface area (Å²) in [6.07, 6.45) is 2.31. The van der Waals surface area contributed by atoms with Gasteiger partial charge in [0.1, 0.15) is 5.69 Å². The summed E-state index contributed by atoms with van der Waals surface area (Å²) < 4.78 is 13.3. The number of hydrogen-bond acceptors (Lipinski definition) is 8. The van der Waals surface area contributed by atoms with Gasteiger partial charge in [-0.2, -0.15) is 0 Å². The van der Waals surface area contributed by atoms with Gasteiger partial charge >= 0.3 is 36.9 Å². The van der Waals surface area contributed by atoms with Gasteiger partial charge in [0.25, 0.3) is 17.9 Å². The first kappa shape index (κ1) is 22.6. The third kappa shape index (κ3) is 13.3. The molecule has 0 aliphatic heterocycles. The number of nitrogens with zero attached hydrogens (tertiary/aromatic N) is 1. The largest absolute Gasteiger partial charge is 1.00 e. The molecule has 0 aliphatic rings. The van der Waals surface area contributed by atoms with Gasteiger partial charge in [0, 0.05) is 27.0 Å². The Kier molecular flexibility index (Phi) is 13.3. The Labute approximate surface area is 150 Å². The zero-order valence-electron chi connectivity index (χ0n) is 12.9. The monoisotopic (exact) mass is 319 g/mol. The van der Waals surface area contributed by atoms with E-state index in [-0.39, 0.29) is 29.6 Å². The molecule has 114 valence electrons. The molecule has 0 amide bonds. The second-order valence-corrected chi connectivity index (χ2v) is 3.63. The number of carbonyl (C=O) groups is 4. The molecule has 0 atom stereocenters. The quantitative estimate of drug-likeness (QED) is 0.435. The predicted octanol–water partition coefficient (Wildman–Crippen LogP) is -2.71. The number of rotatable bonds is 4. The van der Waals surface area contributed by atoms with Gasteiger partial charge in [-0.25, -0.2) is 0 Å². The van der Waals surface area contributed by atoms with Gasteiger partial charge in [-0.05, 0) is 12.1 Å². The Balaban J connectivity index is 0. The number of hydrogen-bond donors (Lipinski definition) is 0. The van der Waals surface area contributed by atoms with Crippen LogP contribution in [0.5, 0.6) is 0 Å². The van der Waals surface area contributed by atoms with Crippen LogP contribution in [0.1, 0.15) is 31.3 Å². The average molecular weight is 319 g/mol. The number of carbonyl (C=O) groups excluding carboxylic acids is 4. The van der Waals surface area contributed by atoms with E-state index in [1.807, 2.05) is 0 Å². The maximum absolute atomic E-state index is 10.4. The van der Waals surface area contributed by atoms with Crippen molar-refractivity contribution in [2.75, 3.05) is 0 Å². The van der Waals surface area contributed by atoms with E-state index in [4.69, 9.17) is 0 Å². The van der Waals surface area contributed by atoms with Gasteiger partial charge in [0.2, 0.25) is 0 Å². The third-order valence-corrected chi connectivity index (χ3v) is 1.77. The van der Waals surface area contributed by atoms with Crippen molar-refractivity contribution in [2.24, 2.45) is 0 Å². The van der Waals surface area contributed by atoms with Crippen molar-refractivity contribution in [3.8, 4) is 0 Å². The van der Waals surface area contributed by atoms with Crippen LogP contribution in [0, 0.1) is 0 Å². The van der Waals surface area contributed by atoms with E-state index in [0.29, 0.717) is 5.69 Å². The minimum Gasteiger partial charge on any atom is -0.625 e. The summed E-state index contributed by atoms with van der Waals surface area (Å²) in [7, 11) is -2.41. The molecule has 0 saturated carbocycles. The van der Waals surface area contributed by atoms with Crippen LogP contribution in [0.2, 0.25) is 0 Å². The van der Waals surface area contributed by atoms with E-state index < -0.39 is 25.2 Å². The van der Waals surface area contributed by atoms with Crippen molar-refractivity contribution in [2.45, 2.75) is 20.8 Å². The summed E-state index contributed by atoms with van der Waals surface area (Å²) in [6, 6.07) is 5.21. The predicted molar refractivity (Wildman–Crippen MR) is 72.1 cm³/mol. The SMILES string of the molecule is CC(=O)O[BH-](OC(C)=O)OC(C)=O.O=Cc1ccccn1.[Na+]. The van der Waals surface area contributed by atoms with Crippen molar-refractivity contribution in [3.63, 3.8) is 0 Å². The number of aromatic nitrogens is 1. The van der Waals surface area contributed by atoms with E-state index in [0.717, 1.165) is 27.1 Å².